The van der Waals surface area contributed by atoms with Crippen LogP contribution in [-0.2, 0) is 6.54 Å². The van der Waals surface area contributed by atoms with Crippen LogP contribution in [0.2, 0.25) is 0 Å². The molecule has 0 saturated carbocycles. The van der Waals surface area contributed by atoms with Gasteiger partial charge >= 0.3 is 0 Å². The highest BCUT2D eigenvalue weighted by Crippen LogP contribution is 2.11. The number of hydrogen-bond acceptors (Lipinski definition) is 4. The van der Waals surface area contributed by atoms with Crippen molar-refractivity contribution in [1.29, 1.82) is 0 Å². The van der Waals surface area contributed by atoms with Gasteiger partial charge in [0.25, 0.3) is 0 Å². The summed E-state index contributed by atoms with van der Waals surface area (Å²) in [5, 5.41) is 6.87. The average molecular weight is 225 g/mol. The first-order valence-corrected chi connectivity index (χ1v) is 6.60. The number of aromatic nitrogens is 1. The van der Waals surface area contributed by atoms with Crippen LogP contribution in [-0.4, -0.2) is 35.6 Å². The van der Waals surface area contributed by atoms with E-state index in [9.17, 15) is 0 Å². The van der Waals surface area contributed by atoms with Crippen LogP contribution >= 0.6 is 11.3 Å². The molecule has 1 aliphatic heterocycles. The maximum Gasteiger partial charge on any atom is 0.107 e. The van der Waals surface area contributed by atoms with Gasteiger partial charge in [-0.15, -0.1) is 11.3 Å². The van der Waals surface area contributed by atoms with Gasteiger partial charge in [-0.25, -0.2) is 4.98 Å². The van der Waals surface area contributed by atoms with E-state index in [1.807, 2.05) is 6.20 Å². The summed E-state index contributed by atoms with van der Waals surface area (Å²) in [4.78, 5) is 6.85. The summed E-state index contributed by atoms with van der Waals surface area (Å²) in [7, 11) is 0. The van der Waals surface area contributed by atoms with E-state index in [4.69, 9.17) is 0 Å². The zero-order valence-electron chi connectivity index (χ0n) is 9.28. The van der Waals surface area contributed by atoms with Crippen LogP contribution in [0.5, 0.6) is 0 Å². The highest BCUT2D eigenvalue weighted by atomic mass is 32.1. The molecular weight excluding hydrogens is 206 g/mol. The van der Waals surface area contributed by atoms with Crippen LogP contribution in [0.1, 0.15) is 24.8 Å². The predicted molar refractivity (Wildman–Crippen MR) is 64.1 cm³/mol. The molecule has 1 saturated heterocycles. The van der Waals surface area contributed by atoms with Crippen molar-refractivity contribution >= 4 is 11.3 Å². The van der Waals surface area contributed by atoms with Crippen LogP contribution < -0.4 is 5.32 Å². The van der Waals surface area contributed by atoms with E-state index in [0.29, 0.717) is 6.04 Å². The number of thiazole rings is 1. The molecule has 1 unspecified atom stereocenters. The number of hydrogen-bond donors (Lipinski definition) is 1. The SMILES string of the molecule is CCCC1CN(Cc2nccs2)CCN1. The Bertz CT molecular complexity index is 271. The summed E-state index contributed by atoms with van der Waals surface area (Å²) in [6.45, 7) is 6.73. The van der Waals surface area contributed by atoms with Crippen molar-refractivity contribution in [3.63, 3.8) is 0 Å². The summed E-state index contributed by atoms with van der Waals surface area (Å²) in [5.74, 6) is 0. The summed E-state index contributed by atoms with van der Waals surface area (Å²) >= 11 is 1.76. The van der Waals surface area contributed by atoms with Gasteiger partial charge in [0.15, 0.2) is 0 Å². The van der Waals surface area contributed by atoms with Crippen LogP contribution in [0.25, 0.3) is 0 Å². The fraction of sp³-hybridized carbons (Fsp3) is 0.727. The van der Waals surface area contributed by atoms with E-state index in [-0.39, 0.29) is 0 Å². The van der Waals surface area contributed by atoms with Crippen LogP contribution in [0.4, 0.5) is 0 Å². The van der Waals surface area contributed by atoms with Gasteiger partial charge < -0.3 is 5.32 Å². The molecule has 0 amide bonds. The largest absolute Gasteiger partial charge is 0.311 e. The molecule has 3 nitrogen and oxygen atoms in total. The Hall–Kier alpha value is -0.450. The second-order valence-corrected chi connectivity index (χ2v) is 5.08. The van der Waals surface area contributed by atoms with Gasteiger partial charge in [-0.05, 0) is 6.42 Å². The normalized spacial score (nSPS) is 23.1. The zero-order chi connectivity index (χ0) is 10.5. The van der Waals surface area contributed by atoms with Crippen LogP contribution in [0.15, 0.2) is 11.6 Å². The minimum Gasteiger partial charge on any atom is -0.311 e. The summed E-state index contributed by atoms with van der Waals surface area (Å²) in [5.41, 5.74) is 0. The van der Waals surface area contributed by atoms with E-state index < -0.39 is 0 Å². The first-order chi connectivity index (χ1) is 7.38. The van der Waals surface area contributed by atoms with Crippen LogP contribution in [0, 0.1) is 0 Å². The molecule has 15 heavy (non-hydrogen) atoms. The standard InChI is InChI=1S/C11H19N3S/c1-2-3-10-8-14(6-4-12-10)9-11-13-5-7-15-11/h5,7,10,12H,2-4,6,8-9H2,1H3. The second kappa shape index (κ2) is 5.58. The molecule has 1 aliphatic rings. The quantitative estimate of drug-likeness (QED) is 0.845. The third-order valence-electron chi connectivity index (χ3n) is 2.82. The lowest BCUT2D eigenvalue weighted by molar-refractivity contribution is 0.186. The molecule has 1 aromatic rings. The Kier molecular flexibility index (Phi) is 4.11. The zero-order valence-corrected chi connectivity index (χ0v) is 10.1. The van der Waals surface area contributed by atoms with E-state index in [1.54, 1.807) is 11.3 Å². The number of nitrogens with zero attached hydrogens (tertiary/aromatic N) is 2. The molecule has 0 bridgehead atoms. The number of nitrogens with one attached hydrogen (secondary N) is 1. The Morgan fingerprint density at radius 2 is 2.60 bits per heavy atom. The molecule has 0 spiro atoms. The topological polar surface area (TPSA) is 28.2 Å². The van der Waals surface area contributed by atoms with Gasteiger partial charge in [0.2, 0.25) is 0 Å². The van der Waals surface area contributed by atoms with Crippen molar-refractivity contribution in [2.24, 2.45) is 0 Å². The molecule has 0 radical (unpaired) electrons. The predicted octanol–water partition coefficient (Wildman–Crippen LogP) is 1.72. The van der Waals surface area contributed by atoms with E-state index in [2.05, 4.69) is 27.5 Å². The molecule has 4 heteroatoms. The van der Waals surface area contributed by atoms with E-state index in [0.717, 1.165) is 19.6 Å². The monoisotopic (exact) mass is 225 g/mol. The first-order valence-electron chi connectivity index (χ1n) is 5.72. The van der Waals surface area contributed by atoms with Crippen molar-refractivity contribution in [3.8, 4) is 0 Å². The molecule has 0 aliphatic carbocycles. The number of rotatable bonds is 4. The maximum absolute atomic E-state index is 4.34. The van der Waals surface area contributed by atoms with Crippen molar-refractivity contribution in [3.05, 3.63) is 16.6 Å². The Balaban J connectivity index is 1.82. The average Bonchev–Trinajstić information content (AvgIpc) is 2.71. The van der Waals surface area contributed by atoms with E-state index in [1.165, 1.54) is 24.4 Å². The Labute approximate surface area is 95.5 Å². The molecule has 1 N–H and O–H groups in total. The van der Waals surface area contributed by atoms with Gasteiger partial charge in [-0.1, -0.05) is 13.3 Å². The molecular formula is C11H19N3S. The summed E-state index contributed by atoms with van der Waals surface area (Å²) in [6, 6.07) is 0.684. The lowest BCUT2D eigenvalue weighted by Gasteiger charge is -2.33. The molecule has 1 fully saturated rings. The lowest BCUT2D eigenvalue weighted by Crippen LogP contribution is -2.50. The Morgan fingerprint density at radius 1 is 1.67 bits per heavy atom. The van der Waals surface area contributed by atoms with Crippen LogP contribution in [0.3, 0.4) is 0 Å². The summed E-state index contributed by atoms with van der Waals surface area (Å²) in [6.07, 6.45) is 4.45. The first kappa shape index (κ1) is 11.0. The minimum atomic E-state index is 0.684. The van der Waals surface area contributed by atoms with Crippen molar-refractivity contribution in [2.45, 2.75) is 32.4 Å². The van der Waals surface area contributed by atoms with Gasteiger partial charge in [0.1, 0.15) is 5.01 Å². The molecule has 1 aromatic heterocycles. The molecule has 0 aromatic carbocycles. The van der Waals surface area contributed by atoms with Crippen molar-refractivity contribution in [1.82, 2.24) is 15.2 Å². The van der Waals surface area contributed by atoms with Gasteiger partial charge in [0.05, 0.1) is 6.54 Å². The fourth-order valence-corrected chi connectivity index (χ4v) is 2.76. The van der Waals surface area contributed by atoms with Gasteiger partial charge in [-0.2, -0.15) is 0 Å². The summed E-state index contributed by atoms with van der Waals surface area (Å²) < 4.78 is 0. The highest BCUT2D eigenvalue weighted by molar-refractivity contribution is 7.09. The van der Waals surface area contributed by atoms with Crippen molar-refractivity contribution < 1.29 is 0 Å². The third kappa shape index (κ3) is 3.26. The molecule has 1 atom stereocenters. The Morgan fingerprint density at radius 3 is 3.33 bits per heavy atom. The molecule has 2 rings (SSSR count). The second-order valence-electron chi connectivity index (χ2n) is 4.10. The third-order valence-corrected chi connectivity index (χ3v) is 3.58. The molecule has 2 heterocycles. The van der Waals surface area contributed by atoms with Gasteiger partial charge in [0, 0.05) is 37.3 Å². The van der Waals surface area contributed by atoms with Crippen molar-refractivity contribution in [2.75, 3.05) is 19.6 Å². The van der Waals surface area contributed by atoms with E-state index >= 15 is 0 Å². The highest BCUT2D eigenvalue weighted by Gasteiger charge is 2.18. The maximum atomic E-state index is 4.34. The fourth-order valence-electron chi connectivity index (χ4n) is 2.10. The number of piperazine rings is 1. The minimum absolute atomic E-state index is 0.684. The smallest absolute Gasteiger partial charge is 0.107 e. The molecule has 84 valence electrons. The lowest BCUT2D eigenvalue weighted by atomic mass is 10.1. The van der Waals surface area contributed by atoms with Gasteiger partial charge in [-0.3, -0.25) is 4.90 Å².